The van der Waals surface area contributed by atoms with Crippen molar-refractivity contribution in [2.24, 2.45) is 0 Å². The fraction of sp³-hybridized carbons (Fsp3) is 0.182. The number of aryl methyl sites for hydroxylation is 2. The number of aromatic nitrogens is 1. The zero-order chi connectivity index (χ0) is 25.4. The molecule has 160 valence electrons. The number of carbonyl (C=O) groups excluding carboxylic acids is 1. The molecule has 0 aliphatic heterocycles. The van der Waals surface area contributed by atoms with E-state index < -0.39 is 29.6 Å². The predicted molar refractivity (Wildman–Crippen MR) is 113 cm³/mol. The number of hydrogen-bond donors (Lipinski definition) is 2. The Bertz CT molecular complexity index is 1310. The average molecular weight is 427 g/mol. The smallest absolute Gasteiger partial charge is 0.355 e. The number of nitro benzene ring substituents is 1. The maximum Gasteiger partial charge on any atom is 0.355 e. The van der Waals surface area contributed by atoms with E-state index in [1.807, 2.05) is 0 Å². The number of rotatable bonds is 6. The van der Waals surface area contributed by atoms with Gasteiger partial charge in [0.05, 0.1) is 23.2 Å². The molecule has 0 saturated heterocycles. The Morgan fingerprint density at radius 3 is 2.48 bits per heavy atom. The van der Waals surface area contributed by atoms with Crippen LogP contribution < -0.4 is 4.74 Å². The molecule has 9 nitrogen and oxygen atoms in total. The first-order valence-corrected chi connectivity index (χ1v) is 8.97. The Hall–Kier alpha value is -4.14. The molecule has 3 rings (SSSR count). The summed E-state index contributed by atoms with van der Waals surface area (Å²) in [5.74, 6) is -2.52. The number of carbonyl (C=O) groups is 2. The first-order valence-electron chi connectivity index (χ1n) is 10.5. The molecule has 0 radical (unpaired) electrons. The van der Waals surface area contributed by atoms with Gasteiger partial charge in [-0.05, 0) is 48.7 Å². The van der Waals surface area contributed by atoms with Gasteiger partial charge >= 0.3 is 11.9 Å². The van der Waals surface area contributed by atoms with Gasteiger partial charge in [-0.15, -0.1) is 0 Å². The van der Waals surface area contributed by atoms with E-state index in [0.29, 0.717) is 27.9 Å². The van der Waals surface area contributed by atoms with Crippen LogP contribution in [0, 0.1) is 24.0 Å². The molecule has 0 fully saturated rings. The zero-order valence-electron chi connectivity index (χ0n) is 19.8. The minimum Gasteiger partial charge on any atom is -0.496 e. The van der Waals surface area contributed by atoms with E-state index in [2.05, 4.69) is 4.98 Å². The molecule has 1 aromatic heterocycles. The number of hydrogen-bond acceptors (Lipinski definition) is 6. The standard InChI is InChI=1S/C22H20N2O7/c1-11-9-14(24(28)29)6-8-15(11)18-12(2)23-20(22(27)31-4)19(18)13-5-7-16(21(25)26)17(10-13)30-3/h5-10,23H,1-4H3,(H,25,26)/i3D3. The van der Waals surface area contributed by atoms with Crippen LogP contribution in [-0.4, -0.2) is 41.1 Å². The number of ether oxygens (including phenoxy) is 2. The van der Waals surface area contributed by atoms with Crippen molar-refractivity contribution in [1.82, 2.24) is 4.98 Å². The van der Waals surface area contributed by atoms with Gasteiger partial charge in [-0.3, -0.25) is 10.1 Å². The third-order valence-electron chi connectivity index (χ3n) is 4.88. The fourth-order valence-electron chi connectivity index (χ4n) is 3.49. The third-order valence-corrected chi connectivity index (χ3v) is 4.88. The van der Waals surface area contributed by atoms with Crippen molar-refractivity contribution in [1.29, 1.82) is 0 Å². The van der Waals surface area contributed by atoms with Gasteiger partial charge in [-0.1, -0.05) is 6.07 Å². The maximum atomic E-state index is 12.6. The summed E-state index contributed by atoms with van der Waals surface area (Å²) in [7, 11) is -1.73. The van der Waals surface area contributed by atoms with Crippen LogP contribution in [0.1, 0.15) is 36.2 Å². The van der Waals surface area contributed by atoms with E-state index in [-0.39, 0.29) is 22.5 Å². The van der Waals surface area contributed by atoms with Crippen LogP contribution >= 0.6 is 0 Å². The summed E-state index contributed by atoms with van der Waals surface area (Å²) in [6, 6.07) is 8.06. The number of nitro groups is 1. The largest absolute Gasteiger partial charge is 0.496 e. The molecule has 9 heteroatoms. The average Bonchev–Trinajstić information content (AvgIpc) is 3.08. The first-order chi connectivity index (χ1) is 15.8. The number of H-pyrrole nitrogens is 1. The predicted octanol–water partition coefficient (Wildman–Crippen LogP) is 4.37. The highest BCUT2D eigenvalue weighted by Gasteiger charge is 2.26. The van der Waals surface area contributed by atoms with Gasteiger partial charge in [0.25, 0.3) is 5.69 Å². The number of aromatic amines is 1. The lowest BCUT2D eigenvalue weighted by atomic mass is 9.91. The summed E-state index contributed by atoms with van der Waals surface area (Å²) < 4.78 is 31.9. The van der Waals surface area contributed by atoms with Crippen LogP contribution in [-0.2, 0) is 4.74 Å². The highest BCUT2D eigenvalue weighted by atomic mass is 16.6. The molecule has 0 aliphatic carbocycles. The molecule has 3 aromatic rings. The van der Waals surface area contributed by atoms with E-state index in [9.17, 15) is 24.8 Å². The van der Waals surface area contributed by atoms with Gasteiger partial charge < -0.3 is 19.6 Å². The Labute approximate surface area is 181 Å². The summed E-state index contributed by atoms with van der Waals surface area (Å²) in [5.41, 5.74) is 2.30. The lowest BCUT2D eigenvalue weighted by Crippen LogP contribution is -2.04. The van der Waals surface area contributed by atoms with Crippen molar-refractivity contribution >= 4 is 17.6 Å². The molecule has 0 atom stereocenters. The van der Waals surface area contributed by atoms with Crippen LogP contribution in [0.3, 0.4) is 0 Å². The summed E-state index contributed by atoms with van der Waals surface area (Å²) >= 11 is 0. The molecular weight excluding hydrogens is 404 g/mol. The Morgan fingerprint density at radius 2 is 1.90 bits per heavy atom. The number of aromatic carboxylic acids is 1. The fourth-order valence-corrected chi connectivity index (χ4v) is 3.49. The van der Waals surface area contributed by atoms with Crippen LogP contribution in [0.25, 0.3) is 22.3 Å². The molecule has 2 aromatic carbocycles. The van der Waals surface area contributed by atoms with Crippen LogP contribution in [0.2, 0.25) is 0 Å². The summed E-state index contributed by atoms with van der Waals surface area (Å²) in [6.07, 6.45) is 0. The topological polar surface area (TPSA) is 132 Å². The first kappa shape index (κ1) is 17.7. The molecule has 0 saturated carbocycles. The molecule has 0 spiro atoms. The number of nitrogens with zero attached hydrogens (tertiary/aromatic N) is 1. The highest BCUT2D eigenvalue weighted by Crippen LogP contribution is 2.41. The van der Waals surface area contributed by atoms with Crippen molar-refractivity contribution in [3.8, 4) is 28.0 Å². The van der Waals surface area contributed by atoms with Gasteiger partial charge in [0.1, 0.15) is 17.0 Å². The van der Waals surface area contributed by atoms with Crippen LogP contribution in [0.5, 0.6) is 5.75 Å². The van der Waals surface area contributed by atoms with Gasteiger partial charge in [-0.25, -0.2) is 9.59 Å². The second-order valence-corrected chi connectivity index (χ2v) is 6.74. The Balaban J connectivity index is 2.34. The second-order valence-electron chi connectivity index (χ2n) is 6.74. The van der Waals surface area contributed by atoms with Gasteiger partial charge in [-0.2, -0.15) is 0 Å². The molecule has 0 aliphatic rings. The summed E-state index contributed by atoms with van der Waals surface area (Å²) in [4.78, 5) is 37.8. The summed E-state index contributed by atoms with van der Waals surface area (Å²) in [5, 5.41) is 20.6. The number of methoxy groups -OCH3 is 2. The molecule has 0 unspecified atom stereocenters. The maximum absolute atomic E-state index is 12.6. The summed E-state index contributed by atoms with van der Waals surface area (Å²) in [6.45, 7) is 3.37. The molecular formula is C22H20N2O7. The van der Waals surface area contributed by atoms with E-state index in [1.54, 1.807) is 19.9 Å². The number of esters is 1. The molecule has 31 heavy (non-hydrogen) atoms. The van der Waals surface area contributed by atoms with Crippen molar-refractivity contribution in [3.63, 3.8) is 0 Å². The van der Waals surface area contributed by atoms with E-state index in [4.69, 9.17) is 13.6 Å². The SMILES string of the molecule is [2H]C([2H])([2H])Oc1cc(-c2c(C(=O)OC)[nH]c(C)c2-c2ccc([N+](=O)[O-])cc2C)ccc1C(=O)O. The van der Waals surface area contributed by atoms with Crippen molar-refractivity contribution < 1.29 is 33.2 Å². The van der Waals surface area contributed by atoms with Crippen LogP contribution in [0.4, 0.5) is 5.69 Å². The number of carboxylic acids is 1. The minimum atomic E-state index is -2.92. The van der Waals surface area contributed by atoms with Crippen molar-refractivity contribution in [2.45, 2.75) is 13.8 Å². The Kier molecular flexibility index (Phi) is 4.74. The lowest BCUT2D eigenvalue weighted by molar-refractivity contribution is -0.384. The second kappa shape index (κ2) is 8.31. The van der Waals surface area contributed by atoms with Gasteiger partial charge in [0.2, 0.25) is 0 Å². The number of carboxylic acid groups (broad SMARTS) is 1. The van der Waals surface area contributed by atoms with E-state index in [1.165, 1.54) is 37.4 Å². The van der Waals surface area contributed by atoms with Crippen molar-refractivity contribution in [3.05, 3.63) is 69.0 Å². The monoisotopic (exact) mass is 427 g/mol. The van der Waals surface area contributed by atoms with Crippen LogP contribution in [0.15, 0.2) is 36.4 Å². The van der Waals surface area contributed by atoms with E-state index >= 15 is 0 Å². The number of benzene rings is 2. The highest BCUT2D eigenvalue weighted by molar-refractivity contribution is 6.03. The Morgan fingerprint density at radius 1 is 1.16 bits per heavy atom. The molecule has 2 N–H and O–H groups in total. The minimum absolute atomic E-state index is 0.0376. The molecule has 0 amide bonds. The van der Waals surface area contributed by atoms with Gasteiger partial charge in [0, 0.05) is 29.0 Å². The number of nitrogens with one attached hydrogen (secondary N) is 1. The molecule has 0 bridgehead atoms. The number of non-ortho nitro benzene ring substituents is 1. The normalized spacial score (nSPS) is 12.4. The lowest BCUT2D eigenvalue weighted by Gasteiger charge is -2.13. The van der Waals surface area contributed by atoms with E-state index in [0.717, 1.165) is 0 Å². The zero-order valence-corrected chi connectivity index (χ0v) is 16.8. The quantitative estimate of drug-likeness (QED) is 0.339. The van der Waals surface area contributed by atoms with Gasteiger partial charge in [0.15, 0.2) is 0 Å². The third kappa shape index (κ3) is 3.85. The molecule has 1 heterocycles. The van der Waals surface area contributed by atoms with Crippen molar-refractivity contribution in [2.75, 3.05) is 14.1 Å².